The molecular weight excluding hydrogens is 512 g/mol. The second-order valence-corrected chi connectivity index (χ2v) is 9.83. The number of ether oxygens (including phenoxy) is 1. The number of carbonyl (C=O) groups excluding carboxylic acids is 1. The van der Waals surface area contributed by atoms with Crippen molar-refractivity contribution in [2.75, 3.05) is 20.1 Å². The lowest BCUT2D eigenvalue weighted by Gasteiger charge is -2.29. The number of Topliss-reactive ketones (excluding diaryl/α,β-unsaturated/α-hetero) is 1. The summed E-state index contributed by atoms with van der Waals surface area (Å²) in [6.07, 6.45) is 3.52. The van der Waals surface area contributed by atoms with E-state index in [-0.39, 0.29) is 29.6 Å². The fourth-order valence-corrected chi connectivity index (χ4v) is 4.52. The summed E-state index contributed by atoms with van der Waals surface area (Å²) in [6.45, 7) is 3.89. The van der Waals surface area contributed by atoms with Gasteiger partial charge in [0.2, 0.25) is 0 Å². The Kier molecular flexibility index (Phi) is 6.53. The van der Waals surface area contributed by atoms with E-state index in [0.717, 1.165) is 52.8 Å². The fraction of sp³-hybridized carbons (Fsp3) is 0.308. The van der Waals surface area contributed by atoms with E-state index in [9.17, 15) is 9.59 Å². The van der Waals surface area contributed by atoms with Crippen LogP contribution in [0.5, 0.6) is 5.75 Å². The van der Waals surface area contributed by atoms with Gasteiger partial charge in [0.25, 0.3) is 0 Å². The molecule has 2 aromatic carbocycles. The van der Waals surface area contributed by atoms with Gasteiger partial charge < -0.3 is 14.1 Å². The summed E-state index contributed by atoms with van der Waals surface area (Å²) in [5, 5.41) is 8.77. The maximum atomic E-state index is 12.8. The minimum atomic E-state index is -0.536. The zero-order valence-corrected chi connectivity index (χ0v) is 21.1. The predicted octanol–water partition coefficient (Wildman–Crippen LogP) is 4.34. The van der Waals surface area contributed by atoms with Crippen molar-refractivity contribution in [3.63, 3.8) is 0 Å². The molecule has 35 heavy (non-hydrogen) atoms. The Morgan fingerprint density at radius 2 is 1.91 bits per heavy atom. The highest BCUT2D eigenvalue weighted by atomic mass is 79.9. The number of hydrogen-bond acceptors (Lipinski definition) is 7. The SMILES string of the molecule is Cc1c(OC2CCN(C)CC2)ccc2cc(CC(=O)c3cn(-c4ccc(Br)cc4)nn3)c(=O)oc12. The molecule has 0 saturated carbocycles. The van der Waals surface area contributed by atoms with E-state index in [0.29, 0.717) is 5.58 Å². The number of nitrogens with zero attached hydrogens (tertiary/aromatic N) is 4. The standard InChI is InChI=1S/C26H25BrN4O4/c1-16-24(34-21-9-11-30(2)12-10-21)8-3-17-13-18(26(33)35-25(16)17)14-23(32)22-15-31(29-28-22)20-6-4-19(27)5-7-20/h3-8,13,15,21H,9-12,14H2,1-2H3. The van der Waals surface area contributed by atoms with Gasteiger partial charge in [-0.05, 0) is 69.3 Å². The van der Waals surface area contributed by atoms with Gasteiger partial charge in [0, 0.05) is 40.5 Å². The highest BCUT2D eigenvalue weighted by Gasteiger charge is 2.21. The van der Waals surface area contributed by atoms with Gasteiger partial charge in [0.05, 0.1) is 11.9 Å². The Balaban J connectivity index is 1.34. The molecule has 1 aliphatic rings. The van der Waals surface area contributed by atoms with Gasteiger partial charge in [-0.1, -0.05) is 21.1 Å². The topological polar surface area (TPSA) is 90.5 Å². The lowest BCUT2D eigenvalue weighted by Crippen LogP contribution is -2.35. The number of piperidine rings is 1. The van der Waals surface area contributed by atoms with Crippen molar-refractivity contribution in [1.82, 2.24) is 19.9 Å². The summed E-state index contributed by atoms with van der Waals surface area (Å²) in [4.78, 5) is 27.9. The van der Waals surface area contributed by atoms with Crippen molar-refractivity contribution >= 4 is 32.7 Å². The Morgan fingerprint density at radius 3 is 2.66 bits per heavy atom. The molecule has 4 aromatic rings. The van der Waals surface area contributed by atoms with Gasteiger partial charge in [0.1, 0.15) is 23.1 Å². The van der Waals surface area contributed by atoms with Gasteiger partial charge in [0.15, 0.2) is 5.78 Å². The van der Waals surface area contributed by atoms with Gasteiger partial charge in [-0.15, -0.1) is 5.10 Å². The summed E-state index contributed by atoms with van der Waals surface area (Å²) < 4.78 is 14.3. The number of aryl methyl sites for hydroxylation is 1. The quantitative estimate of drug-likeness (QED) is 0.267. The molecule has 0 bridgehead atoms. The average Bonchev–Trinajstić information content (AvgIpc) is 3.34. The lowest BCUT2D eigenvalue weighted by atomic mass is 10.0. The molecule has 3 heterocycles. The van der Waals surface area contributed by atoms with Crippen LogP contribution in [-0.2, 0) is 6.42 Å². The van der Waals surface area contributed by atoms with Crippen LogP contribution < -0.4 is 10.4 Å². The van der Waals surface area contributed by atoms with E-state index in [2.05, 4.69) is 38.2 Å². The van der Waals surface area contributed by atoms with Gasteiger partial charge in [-0.2, -0.15) is 0 Å². The van der Waals surface area contributed by atoms with Crippen LogP contribution in [-0.4, -0.2) is 51.9 Å². The molecule has 1 aliphatic heterocycles. The van der Waals surface area contributed by atoms with E-state index < -0.39 is 5.63 Å². The first-order valence-corrected chi connectivity index (χ1v) is 12.3. The monoisotopic (exact) mass is 536 g/mol. The van der Waals surface area contributed by atoms with Crippen molar-refractivity contribution in [2.24, 2.45) is 0 Å². The third-order valence-electron chi connectivity index (χ3n) is 6.35. The number of likely N-dealkylation sites (tertiary alicyclic amines) is 1. The number of carbonyl (C=O) groups is 1. The zero-order chi connectivity index (χ0) is 24.5. The minimum Gasteiger partial charge on any atom is -0.490 e. The molecule has 9 heteroatoms. The first-order valence-electron chi connectivity index (χ1n) is 11.5. The molecule has 8 nitrogen and oxygen atoms in total. The van der Waals surface area contributed by atoms with Crippen LogP contribution in [0.15, 0.2) is 62.3 Å². The van der Waals surface area contributed by atoms with Gasteiger partial charge in [-0.3, -0.25) is 4.79 Å². The molecular formula is C26H25BrN4O4. The molecule has 1 saturated heterocycles. The van der Waals surface area contributed by atoms with E-state index in [1.165, 1.54) is 4.68 Å². The summed E-state index contributed by atoms with van der Waals surface area (Å²) in [7, 11) is 2.11. The van der Waals surface area contributed by atoms with Crippen LogP contribution in [0.3, 0.4) is 0 Å². The van der Waals surface area contributed by atoms with Crippen molar-refractivity contribution in [1.29, 1.82) is 0 Å². The normalized spacial score (nSPS) is 14.9. The molecule has 0 atom stereocenters. The third kappa shape index (κ3) is 5.06. The Bertz CT molecular complexity index is 1440. The number of fused-ring (bicyclic) bond motifs is 1. The highest BCUT2D eigenvalue weighted by molar-refractivity contribution is 9.10. The molecule has 0 N–H and O–H groups in total. The number of aromatic nitrogens is 3. The maximum absolute atomic E-state index is 12.8. The van der Waals surface area contributed by atoms with Crippen molar-refractivity contribution in [3.8, 4) is 11.4 Å². The number of hydrogen-bond donors (Lipinski definition) is 0. The molecule has 0 radical (unpaired) electrons. The van der Waals surface area contributed by atoms with Gasteiger partial charge in [-0.25, -0.2) is 9.48 Å². The van der Waals surface area contributed by atoms with Crippen LogP contribution >= 0.6 is 15.9 Å². The molecule has 0 aliphatic carbocycles. The smallest absolute Gasteiger partial charge is 0.339 e. The first-order chi connectivity index (χ1) is 16.9. The zero-order valence-electron chi connectivity index (χ0n) is 19.5. The number of benzene rings is 2. The van der Waals surface area contributed by atoms with E-state index in [1.807, 2.05) is 43.3 Å². The lowest BCUT2D eigenvalue weighted by molar-refractivity contribution is 0.0987. The summed E-state index contributed by atoms with van der Waals surface area (Å²) in [6, 6.07) is 13.0. The molecule has 5 rings (SSSR count). The highest BCUT2D eigenvalue weighted by Crippen LogP contribution is 2.29. The van der Waals surface area contributed by atoms with Crippen LogP contribution in [0.1, 0.15) is 34.5 Å². The molecule has 0 spiro atoms. The second kappa shape index (κ2) is 9.75. The van der Waals surface area contributed by atoms with Crippen molar-refractivity contribution < 1.29 is 13.9 Å². The molecule has 0 unspecified atom stereocenters. The van der Waals surface area contributed by atoms with E-state index >= 15 is 0 Å². The minimum absolute atomic E-state index is 0.121. The maximum Gasteiger partial charge on any atom is 0.339 e. The van der Waals surface area contributed by atoms with Crippen molar-refractivity contribution in [2.45, 2.75) is 32.3 Å². The summed E-state index contributed by atoms with van der Waals surface area (Å²) >= 11 is 3.39. The van der Waals surface area contributed by atoms with E-state index in [1.54, 1.807) is 12.3 Å². The van der Waals surface area contributed by atoms with Crippen LogP contribution in [0.2, 0.25) is 0 Å². The Morgan fingerprint density at radius 1 is 1.17 bits per heavy atom. The number of ketones is 1. The number of rotatable bonds is 6. The molecule has 0 amide bonds. The van der Waals surface area contributed by atoms with Gasteiger partial charge >= 0.3 is 5.63 Å². The van der Waals surface area contributed by atoms with Crippen LogP contribution in [0.25, 0.3) is 16.7 Å². The van der Waals surface area contributed by atoms with Crippen LogP contribution in [0, 0.1) is 6.92 Å². The van der Waals surface area contributed by atoms with E-state index in [4.69, 9.17) is 9.15 Å². The third-order valence-corrected chi connectivity index (χ3v) is 6.88. The Labute approximate surface area is 210 Å². The fourth-order valence-electron chi connectivity index (χ4n) is 4.26. The largest absolute Gasteiger partial charge is 0.490 e. The van der Waals surface area contributed by atoms with Crippen molar-refractivity contribution in [3.05, 3.63) is 80.4 Å². The molecule has 1 fully saturated rings. The predicted molar refractivity (Wildman–Crippen MR) is 135 cm³/mol. The number of halogens is 1. The first kappa shape index (κ1) is 23.4. The Hall–Kier alpha value is -3.30. The van der Waals surface area contributed by atoms with Crippen LogP contribution in [0.4, 0.5) is 0 Å². The average molecular weight is 537 g/mol. The summed E-state index contributed by atoms with van der Waals surface area (Å²) in [5.41, 5.74) is 1.98. The molecule has 2 aromatic heterocycles. The molecule has 180 valence electrons. The summed E-state index contributed by atoms with van der Waals surface area (Å²) in [5.74, 6) is 0.419. The second-order valence-electron chi connectivity index (χ2n) is 8.91.